The first-order valence-corrected chi connectivity index (χ1v) is 19.8. The summed E-state index contributed by atoms with van der Waals surface area (Å²) in [4.78, 5) is -1.48. The Balaban J connectivity index is 0.000000347. The fourth-order valence-corrected chi connectivity index (χ4v) is 6.60. The number of ether oxygens (including phenoxy) is 2. The van der Waals surface area contributed by atoms with Gasteiger partial charge in [-0.2, -0.15) is 8.42 Å². The molecule has 0 spiro atoms. The van der Waals surface area contributed by atoms with Crippen LogP contribution in [-0.4, -0.2) is 68.8 Å². The van der Waals surface area contributed by atoms with Gasteiger partial charge in [-0.05, 0) is 79.3 Å². The summed E-state index contributed by atoms with van der Waals surface area (Å²) in [5, 5.41) is 21.4. The minimum Gasteiger partial charge on any atom is -0.872 e. The second kappa shape index (κ2) is 22.3. The Morgan fingerprint density at radius 1 is 0.588 bits per heavy atom. The van der Waals surface area contributed by atoms with E-state index >= 15 is 0 Å². The summed E-state index contributed by atoms with van der Waals surface area (Å²) < 4.78 is 76.9. The average molecular weight is 767 g/mol. The van der Waals surface area contributed by atoms with Crippen LogP contribution in [0.5, 0.6) is 34.5 Å². The summed E-state index contributed by atoms with van der Waals surface area (Å²) in [5.41, 5.74) is 2.35. The van der Waals surface area contributed by atoms with Crippen molar-refractivity contribution in [2.75, 3.05) is 0 Å². The quantitative estimate of drug-likeness (QED) is 0.0568. The molecule has 0 unspecified atom stereocenters. The van der Waals surface area contributed by atoms with Crippen LogP contribution in [0.2, 0.25) is 0 Å². The topological polar surface area (TPSA) is 173 Å². The minimum absolute atomic E-state index is 0. The first-order chi connectivity index (χ1) is 23.8. The minimum atomic E-state index is -4.90. The number of hydrogen-bond donors (Lipinski definition) is 2. The number of aromatic hydroxyl groups is 1. The maximum Gasteiger partial charge on any atom is 2.00 e. The third kappa shape index (κ3) is 15.3. The van der Waals surface area contributed by atoms with Crippen molar-refractivity contribution in [3.8, 4) is 34.5 Å². The summed E-state index contributed by atoms with van der Waals surface area (Å²) >= 11 is 0. The molecule has 0 fully saturated rings. The molecule has 2 N–H and O–H groups in total. The van der Waals surface area contributed by atoms with E-state index in [9.17, 15) is 36.2 Å². The molecule has 0 saturated heterocycles. The molecule has 13 heteroatoms. The van der Waals surface area contributed by atoms with Gasteiger partial charge >= 0.3 is 47.9 Å². The van der Waals surface area contributed by atoms with Crippen molar-refractivity contribution in [3.63, 3.8) is 0 Å². The molecule has 0 aromatic heterocycles. The van der Waals surface area contributed by atoms with Crippen LogP contribution in [0.15, 0.2) is 94.7 Å². The molecule has 0 saturated carbocycles. The molecule has 272 valence electrons. The van der Waals surface area contributed by atoms with Crippen LogP contribution in [-0.2, 0) is 33.1 Å². The summed E-state index contributed by atoms with van der Waals surface area (Å²) in [7, 11) is -9.49. The maximum atomic E-state index is 11.7. The van der Waals surface area contributed by atoms with Gasteiger partial charge in [0.15, 0.2) is 10.6 Å². The van der Waals surface area contributed by atoms with Gasteiger partial charge in [0.25, 0.3) is 0 Å². The van der Waals surface area contributed by atoms with E-state index < -0.39 is 41.5 Å². The van der Waals surface area contributed by atoms with Crippen LogP contribution in [0.1, 0.15) is 89.2 Å². The molecule has 0 atom stereocenters. The van der Waals surface area contributed by atoms with Gasteiger partial charge in [-0.25, -0.2) is 8.42 Å². The Morgan fingerprint density at radius 2 is 1.00 bits per heavy atom. The largest absolute Gasteiger partial charge is 2.00 e. The molecule has 0 amide bonds. The van der Waals surface area contributed by atoms with E-state index in [-0.39, 0.29) is 49.2 Å². The van der Waals surface area contributed by atoms with Crippen molar-refractivity contribution in [1.82, 2.24) is 0 Å². The molecule has 51 heavy (non-hydrogen) atoms. The number of phenolic OH excluding ortho intramolecular Hbond substituents is 1. The number of rotatable bonds is 18. The zero-order valence-corrected chi connectivity index (χ0v) is 33.1. The molecule has 4 aromatic rings. The van der Waals surface area contributed by atoms with Gasteiger partial charge < -0.3 is 24.2 Å². The van der Waals surface area contributed by atoms with Gasteiger partial charge in [-0.15, -0.1) is 0 Å². The second-order valence-electron chi connectivity index (χ2n) is 11.9. The molecular weight excluding hydrogens is 721 g/mol. The van der Waals surface area contributed by atoms with E-state index in [2.05, 4.69) is 13.8 Å². The number of benzene rings is 4. The Labute approximate surface area is 332 Å². The van der Waals surface area contributed by atoms with E-state index in [4.69, 9.17) is 9.47 Å². The molecule has 0 bridgehead atoms. The summed E-state index contributed by atoms with van der Waals surface area (Å²) in [5.74, 6) is -0.958. The number of aryl methyl sites for hydroxylation is 2. The Kier molecular flexibility index (Phi) is 19.4. The SMILES string of the molecule is CCCCCCCc1ccc(Oc2cccc(O)c2S(=O)(=O)O)cc1.CCCCCCCc1ccc(Oc2cccc([O-])c2S(=O)(=O)[O-])cc1.[Ca+2]. The van der Waals surface area contributed by atoms with Crippen LogP contribution in [0.4, 0.5) is 0 Å². The Bertz CT molecular complexity index is 1710. The predicted octanol–water partition coefficient (Wildman–Crippen LogP) is 8.53. The van der Waals surface area contributed by atoms with Gasteiger partial charge in [-0.3, -0.25) is 4.55 Å². The van der Waals surface area contributed by atoms with E-state index in [0.29, 0.717) is 11.5 Å². The number of unbranched alkanes of at least 4 members (excludes halogenated alkanes) is 8. The maximum absolute atomic E-state index is 11.7. The smallest absolute Gasteiger partial charge is 0.872 e. The van der Waals surface area contributed by atoms with Crippen molar-refractivity contribution < 1.29 is 45.6 Å². The molecule has 0 radical (unpaired) electrons. The average Bonchev–Trinajstić information content (AvgIpc) is 3.05. The van der Waals surface area contributed by atoms with E-state index in [0.717, 1.165) is 37.3 Å². The van der Waals surface area contributed by atoms with Crippen LogP contribution in [0.3, 0.4) is 0 Å². The summed E-state index contributed by atoms with van der Waals surface area (Å²) in [6, 6.07) is 22.3. The first-order valence-electron chi connectivity index (χ1n) is 16.9. The van der Waals surface area contributed by atoms with Crippen molar-refractivity contribution in [3.05, 3.63) is 96.1 Å². The van der Waals surface area contributed by atoms with E-state index in [1.807, 2.05) is 24.3 Å². The summed E-state index contributed by atoms with van der Waals surface area (Å²) in [6.45, 7) is 4.38. The molecule has 0 aliphatic rings. The monoisotopic (exact) mass is 766 g/mol. The molecule has 0 aliphatic carbocycles. The third-order valence-electron chi connectivity index (χ3n) is 7.85. The zero-order chi connectivity index (χ0) is 36.6. The van der Waals surface area contributed by atoms with Gasteiger partial charge in [0.2, 0.25) is 0 Å². The van der Waals surface area contributed by atoms with Crippen LogP contribution < -0.4 is 14.6 Å². The van der Waals surface area contributed by atoms with Crippen LogP contribution in [0, 0.1) is 0 Å². The molecule has 0 heterocycles. The van der Waals surface area contributed by atoms with Gasteiger partial charge in [0.1, 0.15) is 33.1 Å². The van der Waals surface area contributed by atoms with E-state index in [1.54, 1.807) is 24.3 Å². The fourth-order valence-electron chi connectivity index (χ4n) is 5.23. The van der Waals surface area contributed by atoms with Gasteiger partial charge in [0, 0.05) is 0 Å². The molecule has 4 aromatic carbocycles. The van der Waals surface area contributed by atoms with Gasteiger partial charge in [0.05, 0.1) is 4.90 Å². The van der Waals surface area contributed by atoms with Crippen LogP contribution in [0.25, 0.3) is 0 Å². The summed E-state index contributed by atoms with van der Waals surface area (Å²) in [6.07, 6.45) is 14.1. The Hall–Kier alpha value is -2.84. The molecule has 0 aliphatic heterocycles. The van der Waals surface area contributed by atoms with Crippen molar-refractivity contribution in [2.45, 2.75) is 101 Å². The first kappa shape index (κ1) is 44.3. The molecule has 10 nitrogen and oxygen atoms in total. The molecule has 4 rings (SSSR count). The van der Waals surface area contributed by atoms with E-state index in [1.165, 1.54) is 87.3 Å². The second-order valence-corrected chi connectivity index (χ2v) is 14.6. The van der Waals surface area contributed by atoms with Crippen LogP contribution >= 0.6 is 0 Å². The normalized spacial score (nSPS) is 11.2. The number of phenols is 1. The standard InChI is InChI=1S/2C19H24O5S.Ca/c2*1-2-3-4-5-6-8-15-11-13-16(14-12-15)24-18-10-7-9-17(20)19(18)25(21,22)23;/h2*7,9-14,20H,2-6,8H2,1H3,(H,21,22,23);/q;;+2/p-2. The van der Waals surface area contributed by atoms with Crippen molar-refractivity contribution >= 4 is 58.0 Å². The zero-order valence-electron chi connectivity index (χ0n) is 29.3. The predicted molar refractivity (Wildman–Crippen MR) is 195 cm³/mol. The number of hydrogen-bond acceptors (Lipinski definition) is 9. The fraction of sp³-hybridized carbons (Fsp3) is 0.368. The molecular formula is C38H46CaO10S2. The van der Waals surface area contributed by atoms with Gasteiger partial charge in [-0.1, -0.05) is 113 Å². The van der Waals surface area contributed by atoms with Crippen molar-refractivity contribution in [1.29, 1.82) is 0 Å². The third-order valence-corrected chi connectivity index (χ3v) is 9.68. The van der Waals surface area contributed by atoms with Crippen molar-refractivity contribution in [2.24, 2.45) is 0 Å². The Morgan fingerprint density at radius 3 is 1.41 bits per heavy atom.